The van der Waals surface area contributed by atoms with Crippen molar-refractivity contribution in [2.24, 2.45) is 0 Å². The number of carbonyl (C=O) groups excluding carboxylic acids is 1. The molecule has 486 valence electrons. The van der Waals surface area contributed by atoms with Gasteiger partial charge in [-0.3, -0.25) is 22.9 Å². The molecule has 0 bridgehead atoms. The number of phosphoric ester groups is 2. The highest BCUT2D eigenvalue weighted by atomic mass is 31.2. The molecule has 13 unspecified atom stereocenters. The van der Waals surface area contributed by atoms with Crippen LogP contribution >= 0.6 is 15.6 Å². The van der Waals surface area contributed by atoms with Crippen LogP contribution in [-0.4, -0.2) is 223 Å². The third-order valence-corrected chi connectivity index (χ3v) is 17.9. The molecule has 0 aromatic carbocycles. The summed E-state index contributed by atoms with van der Waals surface area (Å²) in [5.41, 5.74) is 0. The summed E-state index contributed by atoms with van der Waals surface area (Å²) in [6.07, 6.45) is -11.8. The second kappa shape index (κ2) is 39.8. The van der Waals surface area contributed by atoms with E-state index in [-0.39, 0.29) is 12.8 Å². The van der Waals surface area contributed by atoms with E-state index in [9.17, 15) is 95.2 Å². The molecule has 2 saturated carbocycles. The lowest BCUT2D eigenvalue weighted by molar-refractivity contribution is -0.337. The Morgan fingerprint density at radius 2 is 0.805 bits per heavy atom. The SMILES string of the molecule is CCCCCCCCCCCCCCCC[C@@H](O)[C@@H](O)[C@H](COP(=O)(O)O[C@H]1C(O)C(O)C(O)[C@@H](O)C1O[C@H]1O[C@H](COP(=O)(O)OC2C(O)C(O)C(O)[C@@H](O)C2O)[C@@H](O)C(O)C1O)NC(=O)CCCCCCCCCCCCCCC. The molecular weight excluding hydrogens is 1120 g/mol. The molecule has 0 aromatic heterocycles. The van der Waals surface area contributed by atoms with Crippen molar-refractivity contribution in [1.82, 2.24) is 5.32 Å². The Morgan fingerprint density at radius 1 is 0.451 bits per heavy atom. The summed E-state index contributed by atoms with van der Waals surface area (Å²) in [6.45, 7) is 2.17. The number of hydrogen-bond donors (Lipinski definition) is 17. The predicted molar refractivity (Wildman–Crippen MR) is 296 cm³/mol. The average Bonchev–Trinajstić information content (AvgIpc) is 3.63. The zero-order valence-electron chi connectivity index (χ0n) is 48.2. The Hall–Kier alpha value is -0.950. The van der Waals surface area contributed by atoms with Crippen molar-refractivity contribution in [2.75, 3.05) is 13.2 Å². The smallest absolute Gasteiger partial charge is 0.390 e. The fourth-order valence-electron chi connectivity index (χ4n) is 10.6. The van der Waals surface area contributed by atoms with Gasteiger partial charge in [-0.25, -0.2) is 9.13 Å². The van der Waals surface area contributed by atoms with Gasteiger partial charge in [-0.15, -0.1) is 0 Å². The molecule has 3 rings (SSSR count). The molecule has 3 fully saturated rings. The molecule has 0 aromatic rings. The van der Waals surface area contributed by atoms with Gasteiger partial charge in [0.2, 0.25) is 5.91 Å². The Balaban J connectivity index is 1.66. The molecule has 1 saturated heterocycles. The molecule has 1 amide bonds. The van der Waals surface area contributed by atoms with Crippen molar-refractivity contribution >= 4 is 21.6 Å². The molecule has 28 heteroatoms. The van der Waals surface area contributed by atoms with Crippen LogP contribution in [0.25, 0.3) is 0 Å². The molecule has 22 atom stereocenters. The lowest BCUT2D eigenvalue weighted by Gasteiger charge is -2.47. The summed E-state index contributed by atoms with van der Waals surface area (Å²) in [5, 5.41) is 151. The molecule has 0 radical (unpaired) electrons. The van der Waals surface area contributed by atoms with Gasteiger partial charge in [0.15, 0.2) is 6.29 Å². The molecule has 1 aliphatic heterocycles. The summed E-state index contributed by atoms with van der Waals surface area (Å²) in [7, 11) is -11.1. The van der Waals surface area contributed by atoms with Gasteiger partial charge < -0.3 is 96.1 Å². The number of phosphoric acid groups is 2. The van der Waals surface area contributed by atoms with Gasteiger partial charge >= 0.3 is 15.6 Å². The van der Waals surface area contributed by atoms with Crippen molar-refractivity contribution in [2.45, 2.75) is 322 Å². The number of amides is 1. The average molecular weight is 1230 g/mol. The number of aliphatic hydroxyl groups is 14. The number of nitrogens with one attached hydrogen (secondary N) is 1. The zero-order valence-corrected chi connectivity index (χ0v) is 50.0. The zero-order chi connectivity index (χ0) is 61.0. The van der Waals surface area contributed by atoms with Crippen LogP contribution in [0.2, 0.25) is 0 Å². The van der Waals surface area contributed by atoms with Gasteiger partial charge in [0.25, 0.3) is 0 Å². The summed E-state index contributed by atoms with van der Waals surface area (Å²) in [5.74, 6) is -0.553. The van der Waals surface area contributed by atoms with Gasteiger partial charge in [0.05, 0.1) is 25.4 Å². The van der Waals surface area contributed by atoms with E-state index >= 15 is 0 Å². The van der Waals surface area contributed by atoms with E-state index in [4.69, 9.17) is 27.6 Å². The molecule has 0 spiro atoms. The Kier molecular flexibility index (Phi) is 36.6. The Bertz CT molecular complexity index is 1790. The molecule has 82 heavy (non-hydrogen) atoms. The van der Waals surface area contributed by atoms with Gasteiger partial charge in [-0.1, -0.05) is 181 Å². The summed E-state index contributed by atoms with van der Waals surface area (Å²) < 4.78 is 57.7. The fraction of sp³-hybridized carbons (Fsp3) is 0.981. The highest BCUT2D eigenvalue weighted by Crippen LogP contribution is 2.49. The quantitative estimate of drug-likeness (QED) is 0.0306. The lowest BCUT2D eigenvalue weighted by atomic mass is 9.84. The van der Waals surface area contributed by atoms with E-state index in [0.29, 0.717) is 12.8 Å². The number of ether oxygens (including phenoxy) is 2. The monoisotopic (exact) mass is 1230 g/mol. The summed E-state index contributed by atoms with van der Waals surface area (Å²) >= 11 is 0. The first-order valence-corrected chi connectivity index (χ1v) is 33.3. The van der Waals surface area contributed by atoms with Crippen LogP contribution in [0.4, 0.5) is 0 Å². The first kappa shape index (κ1) is 75.3. The largest absolute Gasteiger partial charge is 0.472 e. The van der Waals surface area contributed by atoms with Crippen LogP contribution in [0.1, 0.15) is 200 Å². The second-order valence-corrected chi connectivity index (χ2v) is 25.6. The molecule has 1 heterocycles. The Labute approximate surface area is 483 Å². The molecule has 3 aliphatic rings. The van der Waals surface area contributed by atoms with Crippen molar-refractivity contribution in [3.63, 3.8) is 0 Å². The van der Waals surface area contributed by atoms with Crippen LogP contribution in [0, 0.1) is 0 Å². The maximum absolute atomic E-state index is 13.8. The van der Waals surface area contributed by atoms with Gasteiger partial charge in [0.1, 0.15) is 104 Å². The minimum absolute atomic E-state index is 0.0200. The van der Waals surface area contributed by atoms with Crippen molar-refractivity contribution in [3.05, 3.63) is 0 Å². The summed E-state index contributed by atoms with van der Waals surface area (Å²) in [6, 6.07) is -1.51. The van der Waals surface area contributed by atoms with E-state index in [2.05, 4.69) is 19.2 Å². The van der Waals surface area contributed by atoms with Crippen molar-refractivity contribution in [3.8, 4) is 0 Å². The Morgan fingerprint density at radius 3 is 1.26 bits per heavy atom. The van der Waals surface area contributed by atoms with Crippen LogP contribution in [0.3, 0.4) is 0 Å². The number of rotatable bonds is 44. The molecular formula is C54H105NO25P2. The molecule has 17 N–H and O–H groups in total. The fourth-order valence-corrected chi connectivity index (χ4v) is 12.5. The highest BCUT2D eigenvalue weighted by molar-refractivity contribution is 7.47. The second-order valence-electron chi connectivity index (χ2n) is 22.8. The van der Waals surface area contributed by atoms with Crippen LogP contribution in [-0.2, 0) is 41.5 Å². The molecule has 2 aliphatic carbocycles. The van der Waals surface area contributed by atoms with Crippen molar-refractivity contribution in [1.29, 1.82) is 0 Å². The number of carbonyl (C=O) groups is 1. The standard InChI is InChI=1S/C54H105NO25P2/c1-3-5-7-9-11-13-15-17-19-20-22-24-26-28-30-35(56)38(58)34(55-37(57)31-29-27-25-23-21-18-16-14-12-10-8-6-4-2)32-75-81(71,72)80-53-49(69)45(65)44(64)48(68)52(53)78-54-50(70)40(60)39(59)36(77-54)33-76-82(73,74)79-51-46(66)42(62)41(61)43(63)47(51)67/h34-36,38-54,56,58-70H,3-33H2,1-2H3,(H,55,57)(H,71,72)(H,73,74)/t34-,35+,36+,38-,39+,40?,41?,42+,43?,44?,45?,46?,47?,48+,49?,50?,51?,52?,53-,54+/m0/s1. The topological polar surface area (TPSA) is 442 Å². The number of hydrogen-bond acceptors (Lipinski definition) is 23. The van der Waals surface area contributed by atoms with Gasteiger partial charge in [0, 0.05) is 6.42 Å². The van der Waals surface area contributed by atoms with E-state index in [1.54, 1.807) is 0 Å². The van der Waals surface area contributed by atoms with Crippen LogP contribution in [0.15, 0.2) is 0 Å². The first-order valence-electron chi connectivity index (χ1n) is 30.3. The minimum Gasteiger partial charge on any atom is -0.390 e. The van der Waals surface area contributed by atoms with Crippen LogP contribution < -0.4 is 5.32 Å². The highest BCUT2D eigenvalue weighted by Gasteiger charge is 2.56. The summed E-state index contributed by atoms with van der Waals surface area (Å²) in [4.78, 5) is 34.8. The normalized spacial score (nSPS) is 33.3. The number of unbranched alkanes of at least 4 members (excludes halogenated alkanes) is 25. The third kappa shape index (κ3) is 26.0. The maximum Gasteiger partial charge on any atom is 0.472 e. The number of aliphatic hydroxyl groups excluding tert-OH is 14. The molecule has 26 nitrogen and oxygen atoms in total. The van der Waals surface area contributed by atoms with E-state index in [1.807, 2.05) is 0 Å². The van der Waals surface area contributed by atoms with E-state index in [1.165, 1.54) is 96.3 Å². The minimum atomic E-state index is -5.60. The third-order valence-electron chi connectivity index (χ3n) is 15.9. The maximum atomic E-state index is 13.8. The van der Waals surface area contributed by atoms with Crippen molar-refractivity contribution < 1.29 is 123 Å². The van der Waals surface area contributed by atoms with E-state index < -0.39 is 157 Å². The van der Waals surface area contributed by atoms with Gasteiger partial charge in [-0.2, -0.15) is 0 Å². The van der Waals surface area contributed by atoms with E-state index in [0.717, 1.165) is 64.2 Å². The van der Waals surface area contributed by atoms with Crippen LogP contribution in [0.5, 0.6) is 0 Å². The predicted octanol–water partition coefficient (Wildman–Crippen LogP) is 2.02. The lowest BCUT2D eigenvalue weighted by Crippen LogP contribution is -2.67. The first-order chi connectivity index (χ1) is 38.9. The van der Waals surface area contributed by atoms with Gasteiger partial charge in [-0.05, 0) is 12.8 Å².